The molecule has 4 aromatic rings. The fourth-order valence-electron chi connectivity index (χ4n) is 5.21. The third-order valence-corrected chi connectivity index (χ3v) is 7.24. The summed E-state index contributed by atoms with van der Waals surface area (Å²) in [6, 6.07) is 11.5. The number of rotatable bonds is 6. The lowest BCUT2D eigenvalue weighted by molar-refractivity contribution is 0.158. The number of halogens is 2. The number of aromatic nitrogens is 3. The lowest BCUT2D eigenvalue weighted by Gasteiger charge is -2.40. The molecular weight excluding hydrogens is 477 g/mol. The van der Waals surface area contributed by atoms with Crippen molar-refractivity contribution in [2.45, 2.75) is 38.9 Å². The molecule has 0 N–H and O–H groups in total. The molecule has 186 valence electrons. The Balaban J connectivity index is 1.50. The molecule has 0 spiro atoms. The van der Waals surface area contributed by atoms with Gasteiger partial charge in [0.1, 0.15) is 0 Å². The van der Waals surface area contributed by atoms with Crippen molar-refractivity contribution in [1.82, 2.24) is 19.4 Å². The van der Waals surface area contributed by atoms with Gasteiger partial charge in [0.25, 0.3) is 0 Å². The van der Waals surface area contributed by atoms with Crippen LogP contribution in [0, 0.1) is 12.7 Å². The first-order valence-corrected chi connectivity index (χ1v) is 12.6. The first kappa shape index (κ1) is 24.4. The van der Waals surface area contributed by atoms with Crippen LogP contribution in [0.15, 0.2) is 66.0 Å². The molecule has 1 aliphatic heterocycles. The number of nitrogens with zero attached hydrogens (tertiary/aromatic N) is 5. The molecule has 1 aromatic carbocycles. The van der Waals surface area contributed by atoms with Gasteiger partial charge in [-0.3, -0.25) is 19.7 Å². The fraction of sp³-hybridized carbons (Fsp3) is 0.321. The summed E-state index contributed by atoms with van der Waals surface area (Å²) in [6.45, 7) is 4.94. The SMILES string of the molecule is Cc1cc(CN(Cc2cn(C)c3c(F)c(Cl)ccc3c2=O)[C@H]2CCCN(c3cccnc3)C2)ccn1. The lowest BCUT2D eigenvalue weighted by Crippen LogP contribution is -2.48. The topological polar surface area (TPSA) is 54.3 Å². The van der Waals surface area contributed by atoms with E-state index in [0.717, 1.165) is 42.9 Å². The fourth-order valence-corrected chi connectivity index (χ4v) is 5.36. The standard InChI is InChI=1S/C28H29ClFN5O/c1-19-13-20(9-11-32-19)15-35(23-6-4-12-34(18-23)22-5-3-10-31-14-22)17-21-16-33(2)27-24(28(21)36)7-8-25(29)26(27)30/h3,5,7-11,13-14,16,23H,4,6,12,15,17-18H2,1-2H3/t23-/m0/s1. The Kier molecular flexibility index (Phi) is 7.03. The molecule has 5 rings (SSSR count). The third kappa shape index (κ3) is 4.99. The second-order valence-electron chi connectivity index (χ2n) is 9.52. The van der Waals surface area contributed by atoms with Gasteiger partial charge in [0, 0.05) is 74.5 Å². The molecule has 0 unspecified atom stereocenters. The number of hydrogen-bond donors (Lipinski definition) is 0. The van der Waals surface area contributed by atoms with Crippen LogP contribution in [-0.4, -0.2) is 38.6 Å². The van der Waals surface area contributed by atoms with Crippen molar-refractivity contribution in [3.8, 4) is 0 Å². The molecule has 1 aliphatic rings. The molecule has 0 amide bonds. The highest BCUT2D eigenvalue weighted by Crippen LogP contribution is 2.26. The molecule has 0 saturated carbocycles. The first-order valence-electron chi connectivity index (χ1n) is 12.2. The number of aryl methyl sites for hydroxylation is 2. The van der Waals surface area contributed by atoms with Crippen LogP contribution >= 0.6 is 11.6 Å². The van der Waals surface area contributed by atoms with Crippen LogP contribution in [0.4, 0.5) is 10.1 Å². The summed E-state index contributed by atoms with van der Waals surface area (Å²) in [5.74, 6) is -0.566. The van der Waals surface area contributed by atoms with E-state index in [4.69, 9.17) is 11.6 Å². The first-order chi connectivity index (χ1) is 17.4. The number of hydrogen-bond acceptors (Lipinski definition) is 5. The van der Waals surface area contributed by atoms with Gasteiger partial charge in [0.2, 0.25) is 0 Å². The summed E-state index contributed by atoms with van der Waals surface area (Å²) in [7, 11) is 1.76. The van der Waals surface area contributed by atoms with Gasteiger partial charge in [-0.2, -0.15) is 0 Å². The van der Waals surface area contributed by atoms with Gasteiger partial charge in [-0.15, -0.1) is 0 Å². The van der Waals surface area contributed by atoms with E-state index in [1.165, 1.54) is 6.07 Å². The van der Waals surface area contributed by atoms with Gasteiger partial charge in [-0.05, 0) is 61.7 Å². The average molecular weight is 506 g/mol. The van der Waals surface area contributed by atoms with Crippen molar-refractivity contribution >= 4 is 28.2 Å². The maximum atomic E-state index is 14.7. The van der Waals surface area contributed by atoms with E-state index in [1.54, 1.807) is 30.1 Å². The van der Waals surface area contributed by atoms with E-state index in [-0.39, 0.29) is 22.0 Å². The largest absolute Gasteiger partial charge is 0.369 e. The van der Waals surface area contributed by atoms with Gasteiger partial charge < -0.3 is 9.47 Å². The summed E-state index contributed by atoms with van der Waals surface area (Å²) >= 11 is 5.99. The van der Waals surface area contributed by atoms with Crippen LogP contribution in [0.1, 0.15) is 29.7 Å². The lowest BCUT2D eigenvalue weighted by atomic mass is 10.0. The van der Waals surface area contributed by atoms with Crippen LogP contribution in [0.2, 0.25) is 5.02 Å². The molecule has 4 heterocycles. The van der Waals surface area contributed by atoms with Crippen molar-refractivity contribution in [1.29, 1.82) is 0 Å². The van der Waals surface area contributed by atoms with Gasteiger partial charge in [0.05, 0.1) is 22.4 Å². The van der Waals surface area contributed by atoms with E-state index in [0.29, 0.717) is 24.0 Å². The van der Waals surface area contributed by atoms with Crippen LogP contribution < -0.4 is 10.3 Å². The predicted octanol–water partition coefficient (Wildman–Crippen LogP) is 5.10. The monoisotopic (exact) mass is 505 g/mol. The van der Waals surface area contributed by atoms with Gasteiger partial charge in [-0.25, -0.2) is 4.39 Å². The summed E-state index contributed by atoms with van der Waals surface area (Å²) in [6.07, 6.45) is 9.33. The minimum Gasteiger partial charge on any atom is -0.369 e. The molecule has 6 nitrogen and oxygen atoms in total. The molecule has 0 aliphatic carbocycles. The number of pyridine rings is 3. The summed E-state index contributed by atoms with van der Waals surface area (Å²) in [5.41, 5.74) is 3.92. The Morgan fingerprint density at radius 3 is 2.83 bits per heavy atom. The zero-order valence-electron chi connectivity index (χ0n) is 20.5. The van der Waals surface area contributed by atoms with Crippen LogP contribution in [0.3, 0.4) is 0 Å². The number of anilines is 1. The average Bonchev–Trinajstić information content (AvgIpc) is 2.89. The number of benzene rings is 1. The minimum absolute atomic E-state index is 0.0117. The Bertz CT molecular complexity index is 1440. The molecule has 36 heavy (non-hydrogen) atoms. The smallest absolute Gasteiger partial charge is 0.193 e. The predicted molar refractivity (Wildman–Crippen MR) is 142 cm³/mol. The normalized spacial score (nSPS) is 16.1. The number of fused-ring (bicyclic) bond motifs is 1. The Hall–Kier alpha value is -3.29. The van der Waals surface area contributed by atoms with Crippen molar-refractivity contribution in [2.75, 3.05) is 18.0 Å². The number of piperidine rings is 1. The van der Waals surface area contributed by atoms with E-state index in [1.807, 2.05) is 31.5 Å². The van der Waals surface area contributed by atoms with Crippen molar-refractivity contribution in [3.63, 3.8) is 0 Å². The summed E-state index contributed by atoms with van der Waals surface area (Å²) in [4.78, 5) is 26.8. The molecule has 8 heteroatoms. The third-order valence-electron chi connectivity index (χ3n) is 6.95. The highest BCUT2D eigenvalue weighted by atomic mass is 35.5. The summed E-state index contributed by atoms with van der Waals surface area (Å²) < 4.78 is 16.4. The van der Waals surface area contributed by atoms with Gasteiger partial charge in [0.15, 0.2) is 11.2 Å². The molecule has 0 radical (unpaired) electrons. The maximum absolute atomic E-state index is 14.7. The van der Waals surface area contributed by atoms with E-state index >= 15 is 0 Å². The highest BCUT2D eigenvalue weighted by Gasteiger charge is 2.27. The van der Waals surface area contributed by atoms with Crippen molar-refractivity contribution in [3.05, 3.63) is 99.1 Å². The van der Waals surface area contributed by atoms with E-state index < -0.39 is 5.82 Å². The highest BCUT2D eigenvalue weighted by molar-refractivity contribution is 6.31. The molecular formula is C28H29ClFN5O. The summed E-state index contributed by atoms with van der Waals surface area (Å²) in [5, 5.41) is 0.356. The van der Waals surface area contributed by atoms with Crippen molar-refractivity contribution < 1.29 is 4.39 Å². The van der Waals surface area contributed by atoms with Gasteiger partial charge >= 0.3 is 0 Å². The molecule has 1 atom stereocenters. The Morgan fingerprint density at radius 2 is 2.06 bits per heavy atom. The van der Waals surface area contributed by atoms with Crippen LogP contribution in [-0.2, 0) is 20.1 Å². The maximum Gasteiger partial charge on any atom is 0.193 e. The molecule has 1 saturated heterocycles. The molecule has 1 fully saturated rings. The molecule has 3 aromatic heterocycles. The Morgan fingerprint density at radius 1 is 1.19 bits per heavy atom. The minimum atomic E-state index is -0.566. The van der Waals surface area contributed by atoms with Crippen LogP contribution in [0.25, 0.3) is 10.9 Å². The van der Waals surface area contributed by atoms with E-state index in [9.17, 15) is 9.18 Å². The molecule has 0 bridgehead atoms. The zero-order valence-corrected chi connectivity index (χ0v) is 21.2. The second kappa shape index (κ2) is 10.4. The van der Waals surface area contributed by atoms with Gasteiger partial charge in [-0.1, -0.05) is 11.6 Å². The van der Waals surface area contributed by atoms with Crippen LogP contribution in [0.5, 0.6) is 0 Å². The van der Waals surface area contributed by atoms with E-state index in [2.05, 4.69) is 31.9 Å². The van der Waals surface area contributed by atoms with Crippen molar-refractivity contribution in [2.24, 2.45) is 7.05 Å². The zero-order chi connectivity index (χ0) is 25.2. The quantitative estimate of drug-likeness (QED) is 0.365. The second-order valence-corrected chi connectivity index (χ2v) is 9.92. The Labute approximate surface area is 215 Å².